The zero-order valence-electron chi connectivity index (χ0n) is 11.7. The van der Waals surface area contributed by atoms with Gasteiger partial charge in [-0.3, -0.25) is 4.55 Å². The SMILES string of the molecule is O=S(=O)(O)c1cc(O)c2ccc(Nc3ccc(Br)cc3)cc2c1. The number of anilines is 2. The molecule has 0 bridgehead atoms. The summed E-state index contributed by atoms with van der Waals surface area (Å²) in [5.41, 5.74) is 1.59. The predicted molar refractivity (Wildman–Crippen MR) is 92.9 cm³/mol. The number of rotatable bonds is 3. The normalized spacial score (nSPS) is 11.6. The van der Waals surface area contributed by atoms with Crippen LogP contribution in [0.1, 0.15) is 0 Å². The number of fused-ring (bicyclic) bond motifs is 1. The van der Waals surface area contributed by atoms with Crippen LogP contribution in [0.5, 0.6) is 5.75 Å². The summed E-state index contributed by atoms with van der Waals surface area (Å²) < 4.78 is 32.6. The van der Waals surface area contributed by atoms with Gasteiger partial charge in [0.2, 0.25) is 0 Å². The van der Waals surface area contributed by atoms with Gasteiger partial charge in [0.25, 0.3) is 10.1 Å². The van der Waals surface area contributed by atoms with E-state index in [4.69, 9.17) is 4.55 Å². The van der Waals surface area contributed by atoms with Crippen LogP contribution in [0.25, 0.3) is 10.8 Å². The van der Waals surface area contributed by atoms with Crippen LogP contribution < -0.4 is 5.32 Å². The Morgan fingerprint density at radius 2 is 1.57 bits per heavy atom. The molecule has 7 heteroatoms. The molecule has 0 saturated carbocycles. The number of aromatic hydroxyl groups is 1. The first-order valence-corrected chi connectivity index (χ1v) is 8.83. The molecule has 0 spiro atoms. The Kier molecular flexibility index (Phi) is 4.01. The zero-order chi connectivity index (χ0) is 16.6. The van der Waals surface area contributed by atoms with Crippen LogP contribution in [0, 0.1) is 0 Å². The highest BCUT2D eigenvalue weighted by Gasteiger charge is 2.13. The van der Waals surface area contributed by atoms with Crippen molar-refractivity contribution in [1.29, 1.82) is 0 Å². The maximum atomic E-state index is 11.3. The maximum Gasteiger partial charge on any atom is 0.294 e. The molecule has 0 aromatic heterocycles. The van der Waals surface area contributed by atoms with Crippen molar-refractivity contribution in [2.75, 3.05) is 5.32 Å². The molecule has 3 N–H and O–H groups in total. The molecular formula is C16H12BrNO4S. The third-order valence-corrected chi connectivity index (χ3v) is 4.70. The highest BCUT2D eigenvalue weighted by atomic mass is 79.9. The van der Waals surface area contributed by atoms with Crippen molar-refractivity contribution in [3.05, 3.63) is 59.1 Å². The molecule has 0 saturated heterocycles. The molecule has 3 rings (SSSR count). The average Bonchev–Trinajstić information content (AvgIpc) is 2.48. The van der Waals surface area contributed by atoms with Gasteiger partial charge >= 0.3 is 0 Å². The van der Waals surface area contributed by atoms with Gasteiger partial charge in [-0.25, -0.2) is 0 Å². The molecule has 23 heavy (non-hydrogen) atoms. The van der Waals surface area contributed by atoms with Gasteiger partial charge in [-0.05, 0) is 53.9 Å². The van der Waals surface area contributed by atoms with Crippen LogP contribution in [0.2, 0.25) is 0 Å². The number of nitrogens with one attached hydrogen (secondary N) is 1. The van der Waals surface area contributed by atoms with Crippen molar-refractivity contribution >= 4 is 48.2 Å². The summed E-state index contributed by atoms with van der Waals surface area (Å²) in [5.74, 6) is -0.203. The highest BCUT2D eigenvalue weighted by Crippen LogP contribution is 2.31. The van der Waals surface area contributed by atoms with Gasteiger partial charge < -0.3 is 10.4 Å². The summed E-state index contributed by atoms with van der Waals surface area (Å²) >= 11 is 3.36. The Balaban J connectivity index is 2.05. The van der Waals surface area contributed by atoms with Crippen molar-refractivity contribution in [1.82, 2.24) is 0 Å². The van der Waals surface area contributed by atoms with Gasteiger partial charge in [-0.1, -0.05) is 15.9 Å². The van der Waals surface area contributed by atoms with Crippen LogP contribution in [-0.4, -0.2) is 18.1 Å². The topological polar surface area (TPSA) is 86.6 Å². The van der Waals surface area contributed by atoms with E-state index in [1.807, 2.05) is 24.3 Å². The monoisotopic (exact) mass is 393 g/mol. The van der Waals surface area contributed by atoms with E-state index >= 15 is 0 Å². The third kappa shape index (κ3) is 3.47. The quantitative estimate of drug-likeness (QED) is 0.577. The second kappa shape index (κ2) is 5.84. The summed E-state index contributed by atoms with van der Waals surface area (Å²) in [6.07, 6.45) is 0. The molecular weight excluding hydrogens is 382 g/mol. The molecule has 0 heterocycles. The van der Waals surface area contributed by atoms with Crippen molar-refractivity contribution in [2.45, 2.75) is 4.90 Å². The summed E-state index contributed by atoms with van der Waals surface area (Å²) in [5, 5.41) is 14.1. The van der Waals surface area contributed by atoms with E-state index in [2.05, 4.69) is 21.2 Å². The molecule has 0 atom stereocenters. The lowest BCUT2D eigenvalue weighted by molar-refractivity contribution is 0.471. The van der Waals surface area contributed by atoms with E-state index in [0.717, 1.165) is 21.9 Å². The van der Waals surface area contributed by atoms with Crippen molar-refractivity contribution in [2.24, 2.45) is 0 Å². The van der Waals surface area contributed by atoms with Gasteiger partial charge in [-0.2, -0.15) is 8.42 Å². The second-order valence-corrected chi connectivity index (χ2v) is 7.32. The van der Waals surface area contributed by atoms with Crippen LogP contribution in [-0.2, 0) is 10.1 Å². The number of phenolic OH excluding ortho intramolecular Hbond substituents is 1. The Morgan fingerprint density at radius 3 is 2.22 bits per heavy atom. The molecule has 5 nitrogen and oxygen atoms in total. The van der Waals surface area contributed by atoms with Crippen LogP contribution in [0.4, 0.5) is 11.4 Å². The number of benzene rings is 3. The van der Waals surface area contributed by atoms with Crippen LogP contribution >= 0.6 is 15.9 Å². The van der Waals surface area contributed by atoms with Crippen molar-refractivity contribution < 1.29 is 18.1 Å². The fraction of sp³-hybridized carbons (Fsp3) is 0. The van der Waals surface area contributed by atoms with E-state index in [1.54, 1.807) is 18.2 Å². The summed E-state index contributed by atoms with van der Waals surface area (Å²) in [7, 11) is -4.38. The fourth-order valence-electron chi connectivity index (χ4n) is 2.25. The van der Waals surface area contributed by atoms with E-state index in [0.29, 0.717) is 10.8 Å². The van der Waals surface area contributed by atoms with Gasteiger partial charge in [-0.15, -0.1) is 0 Å². The Bertz CT molecular complexity index is 985. The average molecular weight is 394 g/mol. The summed E-state index contributed by atoms with van der Waals surface area (Å²) in [4.78, 5) is -0.344. The van der Waals surface area contributed by atoms with Gasteiger partial charge in [0, 0.05) is 27.3 Å². The van der Waals surface area contributed by atoms with E-state index < -0.39 is 10.1 Å². The van der Waals surface area contributed by atoms with E-state index in [1.165, 1.54) is 6.07 Å². The fourth-order valence-corrected chi connectivity index (χ4v) is 3.05. The molecule has 3 aromatic rings. The zero-order valence-corrected chi connectivity index (χ0v) is 14.1. The van der Waals surface area contributed by atoms with E-state index in [-0.39, 0.29) is 10.6 Å². The summed E-state index contributed by atoms with van der Waals surface area (Å²) in [6, 6.07) is 15.1. The molecule has 0 unspecified atom stereocenters. The van der Waals surface area contributed by atoms with Crippen molar-refractivity contribution in [3.8, 4) is 5.75 Å². The first kappa shape index (κ1) is 15.8. The second-order valence-electron chi connectivity index (χ2n) is 4.99. The van der Waals surface area contributed by atoms with Gasteiger partial charge in [0.15, 0.2) is 0 Å². The number of hydrogen-bond donors (Lipinski definition) is 3. The molecule has 0 aliphatic carbocycles. The predicted octanol–water partition coefficient (Wildman–Crippen LogP) is 4.30. The molecule has 0 radical (unpaired) electrons. The Labute approximate surface area is 141 Å². The van der Waals surface area contributed by atoms with Gasteiger partial charge in [0.05, 0.1) is 4.90 Å². The first-order valence-electron chi connectivity index (χ1n) is 6.60. The lowest BCUT2D eigenvalue weighted by Crippen LogP contribution is -1.98. The van der Waals surface area contributed by atoms with Crippen LogP contribution in [0.15, 0.2) is 64.0 Å². The van der Waals surface area contributed by atoms with E-state index in [9.17, 15) is 13.5 Å². The molecule has 3 aromatic carbocycles. The molecule has 0 fully saturated rings. The van der Waals surface area contributed by atoms with Crippen molar-refractivity contribution in [3.63, 3.8) is 0 Å². The lowest BCUT2D eigenvalue weighted by atomic mass is 10.1. The molecule has 118 valence electrons. The molecule has 0 amide bonds. The largest absolute Gasteiger partial charge is 0.507 e. The first-order chi connectivity index (χ1) is 10.8. The van der Waals surface area contributed by atoms with Crippen LogP contribution in [0.3, 0.4) is 0 Å². The Morgan fingerprint density at radius 1 is 0.913 bits per heavy atom. The minimum absolute atomic E-state index is 0.203. The lowest BCUT2D eigenvalue weighted by Gasteiger charge is -2.09. The third-order valence-electron chi connectivity index (χ3n) is 3.34. The standard InChI is InChI=1S/C16H12BrNO4S/c17-11-1-3-12(4-2-11)18-13-5-6-15-10(7-13)8-14(9-16(15)19)23(20,21)22/h1-9,18-19H,(H,20,21,22). The molecule has 0 aliphatic heterocycles. The highest BCUT2D eigenvalue weighted by molar-refractivity contribution is 9.10. The minimum Gasteiger partial charge on any atom is -0.507 e. The summed E-state index contributed by atoms with van der Waals surface area (Å²) in [6.45, 7) is 0. The maximum absolute atomic E-state index is 11.3. The van der Waals surface area contributed by atoms with Gasteiger partial charge in [0.1, 0.15) is 5.75 Å². The minimum atomic E-state index is -4.38. The molecule has 0 aliphatic rings. The number of phenols is 1. The number of hydrogen-bond acceptors (Lipinski definition) is 4. The number of halogens is 1. The Hall–Kier alpha value is -2.09. The smallest absolute Gasteiger partial charge is 0.294 e.